The van der Waals surface area contributed by atoms with Crippen LogP contribution in [0.1, 0.15) is 27.4 Å². The van der Waals surface area contributed by atoms with Crippen molar-refractivity contribution in [3.05, 3.63) is 0 Å². The van der Waals surface area contributed by atoms with E-state index in [-0.39, 0.29) is 0 Å². The molecular formula is C4H10O3P+. The normalized spacial score (nSPS) is 34.5. The van der Waals surface area contributed by atoms with Crippen LogP contribution in [0.15, 0.2) is 0 Å². The van der Waals surface area contributed by atoms with Gasteiger partial charge in [-0.25, -0.2) is 0 Å². The van der Waals surface area contributed by atoms with Gasteiger partial charge in [0.15, 0.2) is 0 Å². The molecule has 0 spiro atoms. The van der Waals surface area contributed by atoms with Crippen molar-refractivity contribution in [2.45, 2.75) is 13.7 Å². The van der Waals surface area contributed by atoms with Crippen LogP contribution in [0.2, 0.25) is 0 Å². The molecule has 0 heterocycles. The van der Waals surface area contributed by atoms with Crippen LogP contribution in [0, 0.1) is 0 Å². The second-order valence-corrected chi connectivity index (χ2v) is 1.42. The molecule has 0 aliphatic carbocycles. The second kappa shape index (κ2) is 5.16. The average Bonchev–Trinajstić information content (AvgIpc) is 1.95. The smallest absolute Gasteiger partial charge is 0.119 e. The third kappa shape index (κ3) is 4.19. The van der Waals surface area contributed by atoms with E-state index in [0.717, 1.165) is 0 Å². The highest BCUT2D eigenvalue weighted by molar-refractivity contribution is 7.33. The SMILES string of the molecule is [2H]C([2H])([2H])C([2H])([2H])O[P+](=O)OC([2H])([2H])C([2H])([2H])[2H]. The minimum atomic E-state index is -3.61. The van der Waals surface area contributed by atoms with Gasteiger partial charge in [0, 0.05) is 12.8 Å². The topological polar surface area (TPSA) is 35.5 Å². The quantitative estimate of drug-likeness (QED) is 0.568. The van der Waals surface area contributed by atoms with Crippen molar-refractivity contribution in [2.24, 2.45) is 0 Å². The van der Waals surface area contributed by atoms with Gasteiger partial charge < -0.3 is 0 Å². The Bertz CT molecular complexity index is 288. The molecular weight excluding hydrogens is 127 g/mol. The Morgan fingerprint density at radius 3 is 2.50 bits per heavy atom. The third-order valence-electron chi connectivity index (χ3n) is 0.240. The van der Waals surface area contributed by atoms with Crippen molar-refractivity contribution in [1.29, 1.82) is 0 Å². The molecule has 0 fully saturated rings. The fraction of sp³-hybridized carbons (Fsp3) is 1.00. The summed E-state index contributed by atoms with van der Waals surface area (Å²) in [5.74, 6) is 0. The molecule has 0 bridgehead atoms. The van der Waals surface area contributed by atoms with Gasteiger partial charge in [-0.3, -0.25) is 0 Å². The Hall–Kier alpha value is 0.0200. The molecule has 0 saturated carbocycles. The summed E-state index contributed by atoms with van der Waals surface area (Å²) in [4.78, 5) is 0. The zero-order valence-electron chi connectivity index (χ0n) is 13.7. The number of hydrogen-bond donors (Lipinski definition) is 0. The first-order chi connectivity index (χ1) is 7.60. The summed E-state index contributed by atoms with van der Waals surface area (Å²) >= 11 is 0. The predicted octanol–water partition coefficient (Wildman–Crippen LogP) is 1.72. The van der Waals surface area contributed by atoms with E-state index in [4.69, 9.17) is 13.7 Å². The van der Waals surface area contributed by atoms with E-state index in [0.29, 0.717) is 0 Å². The van der Waals surface area contributed by atoms with Crippen LogP contribution < -0.4 is 0 Å². The lowest BCUT2D eigenvalue weighted by Crippen LogP contribution is -1.81. The van der Waals surface area contributed by atoms with Crippen LogP contribution in [0.5, 0.6) is 0 Å². The Balaban J connectivity index is 4.75. The molecule has 0 aromatic heterocycles. The molecule has 0 rings (SSSR count). The van der Waals surface area contributed by atoms with Gasteiger partial charge in [0.25, 0.3) is 0 Å². The summed E-state index contributed by atoms with van der Waals surface area (Å²) < 4.78 is 87.0. The minimum Gasteiger partial charge on any atom is -0.119 e. The van der Waals surface area contributed by atoms with Gasteiger partial charge in [0.05, 0.1) is 5.48 Å². The highest BCUT2D eigenvalue weighted by Crippen LogP contribution is 2.21. The predicted molar refractivity (Wildman–Crippen MR) is 30.9 cm³/mol. The van der Waals surface area contributed by atoms with Crippen LogP contribution >= 0.6 is 8.25 Å². The molecule has 0 atom stereocenters. The highest BCUT2D eigenvalue weighted by Gasteiger charge is 2.15. The standard InChI is InChI=1S/C4H10O3P/c1-3-6-8(5)7-4-2/h3-4H2,1-2H3/q+1/i1D3,2D3,3D2,4D2. The fourth-order valence-corrected chi connectivity index (χ4v) is 0.280. The average molecular weight is 147 g/mol. The Labute approximate surface area is 64.0 Å². The lowest BCUT2D eigenvalue weighted by atomic mass is 10.9. The van der Waals surface area contributed by atoms with Gasteiger partial charge in [-0.1, -0.05) is 0 Å². The zero-order valence-corrected chi connectivity index (χ0v) is 4.57. The third-order valence-corrected chi connectivity index (χ3v) is 0.721. The van der Waals surface area contributed by atoms with E-state index >= 15 is 0 Å². The summed E-state index contributed by atoms with van der Waals surface area (Å²) in [5.41, 5.74) is 0. The van der Waals surface area contributed by atoms with Gasteiger partial charge in [0.1, 0.15) is 13.1 Å². The van der Waals surface area contributed by atoms with Gasteiger partial charge in [-0.2, -0.15) is 0 Å². The van der Waals surface area contributed by atoms with Crippen molar-refractivity contribution in [3.63, 3.8) is 0 Å². The van der Waals surface area contributed by atoms with Crippen LogP contribution in [-0.4, -0.2) is 13.1 Å². The van der Waals surface area contributed by atoms with Gasteiger partial charge in [-0.05, 0) is 13.7 Å². The summed E-state index contributed by atoms with van der Waals surface area (Å²) in [6.07, 6.45) is 0. The Morgan fingerprint density at radius 1 is 1.62 bits per heavy atom. The maximum Gasteiger partial charge on any atom is 0.697 e. The molecule has 3 nitrogen and oxygen atoms in total. The molecule has 8 heavy (non-hydrogen) atoms. The van der Waals surface area contributed by atoms with Crippen molar-refractivity contribution < 1.29 is 27.3 Å². The molecule has 0 unspecified atom stereocenters. The molecule has 0 aromatic rings. The first kappa shape index (κ1) is 1.36. The minimum absolute atomic E-state index is 3.28. The van der Waals surface area contributed by atoms with Gasteiger partial charge >= 0.3 is 8.25 Å². The van der Waals surface area contributed by atoms with Crippen LogP contribution in [0.25, 0.3) is 0 Å². The zero-order chi connectivity index (χ0) is 15.0. The Morgan fingerprint density at radius 2 is 2.12 bits per heavy atom. The van der Waals surface area contributed by atoms with Gasteiger partial charge in [-0.15, -0.1) is 9.05 Å². The fourth-order valence-electron chi connectivity index (χ4n) is 0.0932. The maximum atomic E-state index is 11.1. The van der Waals surface area contributed by atoms with Gasteiger partial charge in [0.2, 0.25) is 0 Å². The molecule has 0 amide bonds. The molecule has 4 heteroatoms. The van der Waals surface area contributed by atoms with Crippen LogP contribution in [0.3, 0.4) is 0 Å². The van der Waals surface area contributed by atoms with E-state index < -0.39 is 35.1 Å². The molecule has 0 saturated heterocycles. The first-order valence-corrected chi connectivity index (χ1v) is 2.55. The van der Waals surface area contributed by atoms with Crippen molar-refractivity contribution in [1.82, 2.24) is 0 Å². The molecule has 0 aliphatic rings. The van der Waals surface area contributed by atoms with E-state index in [1.54, 1.807) is 0 Å². The summed E-state index contributed by atoms with van der Waals surface area (Å²) in [7, 11) is -3.61. The molecule has 48 valence electrons. The van der Waals surface area contributed by atoms with E-state index in [1.807, 2.05) is 0 Å². The number of hydrogen-bond acceptors (Lipinski definition) is 3. The summed E-state index contributed by atoms with van der Waals surface area (Å²) in [5, 5.41) is 0. The summed E-state index contributed by atoms with van der Waals surface area (Å²) in [6.45, 7) is -13.3. The van der Waals surface area contributed by atoms with Crippen molar-refractivity contribution in [3.8, 4) is 0 Å². The lowest BCUT2D eigenvalue weighted by Gasteiger charge is -1.78. The molecule has 0 radical (unpaired) electrons. The molecule has 0 aromatic carbocycles. The van der Waals surface area contributed by atoms with E-state index in [9.17, 15) is 4.57 Å². The highest BCUT2D eigenvalue weighted by atomic mass is 31.1. The Kier molecular flexibility index (Phi) is 0.880. The molecule has 0 aliphatic heterocycles. The monoisotopic (exact) mass is 147 g/mol. The lowest BCUT2D eigenvalue weighted by molar-refractivity contribution is 0.243. The van der Waals surface area contributed by atoms with E-state index in [2.05, 4.69) is 9.05 Å². The van der Waals surface area contributed by atoms with E-state index in [1.165, 1.54) is 0 Å². The summed E-state index contributed by atoms with van der Waals surface area (Å²) in [6, 6.07) is 0. The maximum absolute atomic E-state index is 11.1. The van der Waals surface area contributed by atoms with Crippen LogP contribution in [-0.2, 0) is 13.6 Å². The second-order valence-electron chi connectivity index (χ2n) is 0.610. The van der Waals surface area contributed by atoms with Crippen molar-refractivity contribution >= 4 is 8.25 Å². The van der Waals surface area contributed by atoms with Crippen molar-refractivity contribution in [2.75, 3.05) is 13.1 Å². The van der Waals surface area contributed by atoms with Crippen LogP contribution in [0.4, 0.5) is 0 Å². The largest absolute Gasteiger partial charge is 0.697 e. The first-order valence-electron chi connectivity index (χ1n) is 6.46. The number of rotatable bonds is 4. The molecule has 0 N–H and O–H groups in total.